The zero-order valence-electron chi connectivity index (χ0n) is 3.21. The van der Waals surface area contributed by atoms with E-state index in [1.165, 1.54) is 16.1 Å². The van der Waals surface area contributed by atoms with Gasteiger partial charge < -0.3 is 0 Å². The predicted octanol–water partition coefficient (Wildman–Crippen LogP) is -1.84. The monoisotopic (exact) mass is 196 g/mol. The van der Waals surface area contributed by atoms with Gasteiger partial charge in [-0.1, -0.05) is 0 Å². The third-order valence-electron chi connectivity index (χ3n) is 0. The van der Waals surface area contributed by atoms with Gasteiger partial charge in [-0.25, -0.2) is 0 Å². The van der Waals surface area contributed by atoms with Crippen molar-refractivity contribution in [2.45, 2.75) is 0 Å². The van der Waals surface area contributed by atoms with Gasteiger partial charge in [-0.05, 0) is 0 Å². The SMILES string of the molecule is [BH2][AlH2].[Zn].[Zr]. The Morgan fingerprint density at radius 2 is 1.25 bits per heavy atom. The molecule has 0 fully saturated rings. The number of rotatable bonds is 0. The summed E-state index contributed by atoms with van der Waals surface area (Å²) in [4.78, 5) is 0. The van der Waals surface area contributed by atoms with Crippen LogP contribution in [0.15, 0.2) is 0 Å². The molecule has 0 aliphatic carbocycles. The molecule has 0 amide bonds. The molecule has 0 nitrogen and oxygen atoms in total. The molecular formula is H4AlBZnZr. The molecule has 0 bridgehead atoms. The Kier molecular flexibility index (Phi) is 80.1. The van der Waals surface area contributed by atoms with Crippen LogP contribution in [0, 0.1) is 0 Å². The zero-order valence-corrected chi connectivity index (χ0v) is 10.6. The normalized spacial score (nSPS) is 1.00. The molecule has 0 aliphatic heterocycles. The Balaban J connectivity index is -0.00000000500. The number of hydrogen-bond donors (Lipinski definition) is 0. The van der Waals surface area contributed by atoms with E-state index in [4.69, 9.17) is 0 Å². The smallest absolute Gasteiger partial charge is 0 e. The van der Waals surface area contributed by atoms with Gasteiger partial charge >= 0.3 is 0 Å². The van der Waals surface area contributed by atoms with E-state index in [2.05, 4.69) is 6.62 Å². The van der Waals surface area contributed by atoms with Gasteiger partial charge in [0.2, 0.25) is 0 Å². The first-order chi connectivity index (χ1) is 1.00. The van der Waals surface area contributed by atoms with Crippen LogP contribution < -0.4 is 0 Å². The van der Waals surface area contributed by atoms with E-state index in [1.807, 2.05) is 0 Å². The van der Waals surface area contributed by atoms with Crippen LogP contribution in [-0.2, 0) is 45.7 Å². The van der Waals surface area contributed by atoms with Gasteiger partial charge in [-0.15, -0.1) is 0 Å². The van der Waals surface area contributed by atoms with E-state index in [9.17, 15) is 0 Å². The molecular weight excluding hydrogens is 194 g/mol. The summed E-state index contributed by atoms with van der Waals surface area (Å²) in [6.45, 7) is 2.14. The summed E-state index contributed by atoms with van der Waals surface area (Å²) in [7, 11) is 0. The van der Waals surface area contributed by atoms with Crippen LogP contribution in [-0.4, -0.2) is 22.7 Å². The molecule has 16 valence electrons. The summed E-state index contributed by atoms with van der Waals surface area (Å²) in [6, 6.07) is 0. The van der Waals surface area contributed by atoms with Gasteiger partial charge in [0.15, 0.2) is 16.1 Å². The molecule has 0 rings (SSSR count). The van der Waals surface area contributed by atoms with Gasteiger partial charge in [0.1, 0.15) is 0 Å². The second kappa shape index (κ2) is 19.4. The van der Waals surface area contributed by atoms with Crippen LogP contribution in [0.25, 0.3) is 0 Å². The average molecular weight is 198 g/mol. The molecule has 0 aliphatic rings. The second-order valence-corrected chi connectivity index (χ2v) is 0. The van der Waals surface area contributed by atoms with Crippen molar-refractivity contribution >= 4 is 22.7 Å². The second-order valence-electron chi connectivity index (χ2n) is 0. The Bertz CT molecular complexity index is 8.00. The molecule has 0 atom stereocenters. The average Bonchev–Trinajstić information content (AvgIpc) is 1.00. The fraction of sp³-hybridized carbons (Fsp3) is 0. The Hall–Kier alpha value is 2.10. The van der Waals surface area contributed by atoms with Crippen molar-refractivity contribution < 1.29 is 45.7 Å². The molecule has 0 aromatic heterocycles. The third-order valence-corrected chi connectivity index (χ3v) is 0. The van der Waals surface area contributed by atoms with Gasteiger partial charge in [-0.2, -0.15) is 0 Å². The molecule has 0 aromatic rings. The molecule has 4 heavy (non-hydrogen) atoms. The van der Waals surface area contributed by atoms with Gasteiger partial charge in [-0.3, -0.25) is 0 Å². The van der Waals surface area contributed by atoms with Crippen LogP contribution in [0.1, 0.15) is 0 Å². The van der Waals surface area contributed by atoms with Crippen LogP contribution in [0.5, 0.6) is 0 Å². The molecule has 0 heterocycles. The zero-order chi connectivity index (χ0) is 2.00. The minimum atomic E-state index is 0. The van der Waals surface area contributed by atoms with Gasteiger partial charge in [0.05, 0.1) is 0 Å². The van der Waals surface area contributed by atoms with E-state index >= 15 is 0 Å². The fourth-order valence-electron chi connectivity index (χ4n) is 0. The molecule has 4 heteroatoms. The molecule has 0 spiro atoms. The minimum Gasteiger partial charge on any atom is 0 e. The molecule has 0 aromatic carbocycles. The van der Waals surface area contributed by atoms with E-state index in [0.717, 1.165) is 0 Å². The van der Waals surface area contributed by atoms with Crippen molar-refractivity contribution in [1.82, 2.24) is 0 Å². The van der Waals surface area contributed by atoms with Crippen molar-refractivity contribution in [3.8, 4) is 0 Å². The van der Waals surface area contributed by atoms with Crippen molar-refractivity contribution in [2.75, 3.05) is 0 Å². The summed E-state index contributed by atoms with van der Waals surface area (Å²) in [6.07, 6.45) is 0. The standard InChI is InChI=1S/Al.BH2.Zn.Zr.2H/h;1H2;;;;/q-1;+1;;;;. The molecule has 0 unspecified atom stereocenters. The van der Waals surface area contributed by atoms with Gasteiger partial charge in [0, 0.05) is 52.3 Å². The fourth-order valence-corrected chi connectivity index (χ4v) is 0. The minimum absolute atomic E-state index is 0. The van der Waals surface area contributed by atoms with E-state index in [-0.39, 0.29) is 45.7 Å². The first kappa shape index (κ1) is 16.5. The summed E-state index contributed by atoms with van der Waals surface area (Å²) in [5.74, 6) is 0. The molecule has 0 radical (unpaired) electrons. The summed E-state index contributed by atoms with van der Waals surface area (Å²) < 4.78 is 0. The van der Waals surface area contributed by atoms with Crippen molar-refractivity contribution in [3.05, 3.63) is 0 Å². The topological polar surface area (TPSA) is 0 Å². The summed E-state index contributed by atoms with van der Waals surface area (Å²) in [5.41, 5.74) is 0. The summed E-state index contributed by atoms with van der Waals surface area (Å²) in [5, 5.41) is 0. The third kappa shape index (κ3) is 8.93. The van der Waals surface area contributed by atoms with Crippen molar-refractivity contribution in [2.24, 2.45) is 0 Å². The van der Waals surface area contributed by atoms with Crippen LogP contribution in [0.2, 0.25) is 0 Å². The van der Waals surface area contributed by atoms with Crippen molar-refractivity contribution in [1.29, 1.82) is 0 Å². The Morgan fingerprint density at radius 1 is 1.25 bits per heavy atom. The summed E-state index contributed by atoms with van der Waals surface area (Å²) >= 11 is 1.31. The Labute approximate surface area is 67.7 Å². The van der Waals surface area contributed by atoms with E-state index in [1.54, 1.807) is 0 Å². The maximum atomic E-state index is 2.14. The molecule has 0 saturated carbocycles. The maximum Gasteiger partial charge on any atom is 0.166 e. The van der Waals surface area contributed by atoms with Gasteiger partial charge in [0.25, 0.3) is 0 Å². The van der Waals surface area contributed by atoms with Crippen LogP contribution in [0.3, 0.4) is 0 Å². The predicted molar refractivity (Wildman–Crippen MR) is 17.1 cm³/mol. The van der Waals surface area contributed by atoms with Crippen molar-refractivity contribution in [3.63, 3.8) is 0 Å². The largest absolute Gasteiger partial charge is 0.166 e. The van der Waals surface area contributed by atoms with Crippen LogP contribution in [0.4, 0.5) is 0 Å². The van der Waals surface area contributed by atoms with Crippen LogP contribution >= 0.6 is 0 Å². The quantitative estimate of drug-likeness (QED) is 0.402. The first-order valence-corrected chi connectivity index (χ1v) is 3.00. The first-order valence-electron chi connectivity index (χ1n) is 1.00. The van der Waals surface area contributed by atoms with E-state index in [0.29, 0.717) is 0 Å². The molecule has 0 saturated heterocycles. The number of hydrogen-bond acceptors (Lipinski definition) is 0. The van der Waals surface area contributed by atoms with E-state index < -0.39 is 0 Å². The molecule has 0 N–H and O–H groups in total. The maximum absolute atomic E-state index is 2.14. The Morgan fingerprint density at radius 3 is 1.25 bits per heavy atom.